The van der Waals surface area contributed by atoms with Gasteiger partial charge in [0.15, 0.2) is 0 Å². The van der Waals surface area contributed by atoms with Crippen molar-refractivity contribution in [3.05, 3.63) is 14.7 Å². The summed E-state index contributed by atoms with van der Waals surface area (Å²) in [6.45, 7) is 8.12. The molecule has 0 aliphatic carbocycles. The minimum absolute atomic E-state index is 0.304. The third kappa shape index (κ3) is 4.53. The molecule has 1 heterocycles. The summed E-state index contributed by atoms with van der Waals surface area (Å²) < 4.78 is 27.0. The van der Waals surface area contributed by atoms with Crippen molar-refractivity contribution in [3.63, 3.8) is 0 Å². The SMILES string of the molecule is CCNCc1cc(S(=O)(=O)N(C)CC(C)C)c(Br)s1. The standard InChI is InChI=1S/C12H21BrN2O2S2/c1-5-14-7-10-6-11(12(13)18-10)19(16,17)15(4)8-9(2)3/h6,9,14H,5,7-8H2,1-4H3. The lowest BCUT2D eigenvalue weighted by atomic mass is 10.2. The van der Waals surface area contributed by atoms with Crippen LogP contribution in [0.25, 0.3) is 0 Å². The summed E-state index contributed by atoms with van der Waals surface area (Å²) in [7, 11) is -1.77. The average Bonchev–Trinajstić information content (AvgIpc) is 2.67. The van der Waals surface area contributed by atoms with Crippen LogP contribution in [0.15, 0.2) is 14.7 Å². The van der Waals surface area contributed by atoms with Gasteiger partial charge in [0.05, 0.1) is 3.79 Å². The zero-order chi connectivity index (χ0) is 14.6. The minimum Gasteiger partial charge on any atom is -0.312 e. The number of nitrogens with zero attached hydrogens (tertiary/aromatic N) is 1. The molecular formula is C12H21BrN2O2S2. The lowest BCUT2D eigenvalue weighted by Crippen LogP contribution is -2.30. The maximum Gasteiger partial charge on any atom is 0.244 e. The van der Waals surface area contributed by atoms with Crippen LogP contribution in [0, 0.1) is 5.92 Å². The van der Waals surface area contributed by atoms with E-state index in [-0.39, 0.29) is 0 Å². The number of sulfonamides is 1. The molecule has 0 aliphatic heterocycles. The predicted octanol–water partition coefficient (Wildman–Crippen LogP) is 2.90. The highest BCUT2D eigenvalue weighted by Crippen LogP contribution is 2.33. The first-order valence-electron chi connectivity index (χ1n) is 6.24. The van der Waals surface area contributed by atoms with Crippen LogP contribution >= 0.6 is 27.3 Å². The van der Waals surface area contributed by atoms with Crippen LogP contribution in [0.2, 0.25) is 0 Å². The van der Waals surface area contributed by atoms with Crippen LogP contribution in [0.3, 0.4) is 0 Å². The molecule has 0 aromatic carbocycles. The van der Waals surface area contributed by atoms with Gasteiger partial charge in [0, 0.05) is 25.0 Å². The summed E-state index contributed by atoms with van der Waals surface area (Å²) >= 11 is 4.83. The van der Waals surface area contributed by atoms with Gasteiger partial charge in [0.1, 0.15) is 4.90 Å². The van der Waals surface area contributed by atoms with E-state index in [1.54, 1.807) is 13.1 Å². The number of rotatable bonds is 7. The molecule has 1 aromatic heterocycles. The van der Waals surface area contributed by atoms with Crippen molar-refractivity contribution in [3.8, 4) is 0 Å². The van der Waals surface area contributed by atoms with E-state index in [1.165, 1.54) is 15.6 Å². The molecule has 1 aromatic rings. The Morgan fingerprint density at radius 1 is 1.47 bits per heavy atom. The molecule has 7 heteroatoms. The summed E-state index contributed by atoms with van der Waals surface area (Å²) in [4.78, 5) is 1.39. The molecule has 1 rings (SSSR count). The molecule has 0 radical (unpaired) electrons. The van der Waals surface area contributed by atoms with E-state index < -0.39 is 10.0 Å². The van der Waals surface area contributed by atoms with Crippen LogP contribution in [-0.4, -0.2) is 32.9 Å². The fourth-order valence-corrected chi connectivity index (χ4v) is 5.62. The van der Waals surface area contributed by atoms with Gasteiger partial charge in [-0.1, -0.05) is 20.8 Å². The number of hydrogen-bond donors (Lipinski definition) is 1. The van der Waals surface area contributed by atoms with Crippen LogP contribution in [-0.2, 0) is 16.6 Å². The first kappa shape index (κ1) is 17.1. The molecule has 19 heavy (non-hydrogen) atoms. The summed E-state index contributed by atoms with van der Waals surface area (Å²) in [5.41, 5.74) is 0. The van der Waals surface area contributed by atoms with Crippen molar-refractivity contribution in [1.29, 1.82) is 0 Å². The molecular weight excluding hydrogens is 348 g/mol. The molecule has 0 atom stereocenters. The molecule has 1 N–H and O–H groups in total. The molecule has 0 bridgehead atoms. The predicted molar refractivity (Wildman–Crippen MR) is 84.1 cm³/mol. The molecule has 4 nitrogen and oxygen atoms in total. The molecule has 0 saturated carbocycles. The topological polar surface area (TPSA) is 49.4 Å². The van der Waals surface area contributed by atoms with Gasteiger partial charge in [-0.2, -0.15) is 0 Å². The van der Waals surface area contributed by atoms with E-state index in [2.05, 4.69) is 21.2 Å². The highest BCUT2D eigenvalue weighted by Gasteiger charge is 2.26. The Morgan fingerprint density at radius 3 is 2.63 bits per heavy atom. The van der Waals surface area contributed by atoms with Gasteiger partial charge in [-0.3, -0.25) is 0 Å². The van der Waals surface area contributed by atoms with Gasteiger partial charge in [-0.15, -0.1) is 11.3 Å². The Morgan fingerprint density at radius 2 is 2.11 bits per heavy atom. The van der Waals surface area contributed by atoms with Crippen LogP contribution < -0.4 is 5.32 Å². The van der Waals surface area contributed by atoms with Crippen molar-refractivity contribution in [1.82, 2.24) is 9.62 Å². The molecule has 0 amide bonds. The second-order valence-electron chi connectivity index (χ2n) is 4.81. The van der Waals surface area contributed by atoms with Gasteiger partial charge < -0.3 is 5.32 Å². The van der Waals surface area contributed by atoms with Crippen molar-refractivity contribution >= 4 is 37.3 Å². The highest BCUT2D eigenvalue weighted by molar-refractivity contribution is 9.11. The summed E-state index contributed by atoms with van der Waals surface area (Å²) in [6.07, 6.45) is 0. The molecule has 0 unspecified atom stereocenters. The van der Waals surface area contributed by atoms with Gasteiger partial charge >= 0.3 is 0 Å². The average molecular weight is 369 g/mol. The Kier molecular flexibility index (Phi) is 6.46. The smallest absolute Gasteiger partial charge is 0.244 e. The van der Waals surface area contributed by atoms with E-state index in [0.717, 1.165) is 11.4 Å². The van der Waals surface area contributed by atoms with Crippen molar-refractivity contribution in [2.45, 2.75) is 32.2 Å². The van der Waals surface area contributed by atoms with Gasteiger partial charge in [0.25, 0.3) is 0 Å². The Balaban J connectivity index is 2.98. The monoisotopic (exact) mass is 368 g/mol. The van der Waals surface area contributed by atoms with Crippen molar-refractivity contribution < 1.29 is 8.42 Å². The normalized spacial score (nSPS) is 12.6. The van der Waals surface area contributed by atoms with Crippen molar-refractivity contribution in [2.24, 2.45) is 5.92 Å². The molecule has 0 aliphatic rings. The van der Waals surface area contributed by atoms with Crippen LogP contribution in [0.1, 0.15) is 25.6 Å². The lowest BCUT2D eigenvalue weighted by molar-refractivity contribution is 0.417. The zero-order valence-corrected chi connectivity index (χ0v) is 15.0. The van der Waals surface area contributed by atoms with Crippen molar-refractivity contribution in [2.75, 3.05) is 20.1 Å². The number of hydrogen-bond acceptors (Lipinski definition) is 4. The van der Waals surface area contributed by atoms with Gasteiger partial charge in [-0.05, 0) is 34.5 Å². The second-order valence-corrected chi connectivity index (χ2v) is 9.28. The third-order valence-electron chi connectivity index (χ3n) is 2.57. The number of thiophene rings is 1. The quantitative estimate of drug-likeness (QED) is 0.804. The zero-order valence-electron chi connectivity index (χ0n) is 11.7. The maximum absolute atomic E-state index is 12.5. The number of halogens is 1. The molecule has 0 spiro atoms. The maximum atomic E-state index is 12.5. The first-order chi connectivity index (χ1) is 8.78. The first-order valence-corrected chi connectivity index (χ1v) is 9.29. The van der Waals surface area contributed by atoms with E-state index >= 15 is 0 Å². The fraction of sp³-hybridized carbons (Fsp3) is 0.667. The fourth-order valence-electron chi connectivity index (χ4n) is 1.69. The van der Waals surface area contributed by atoms with E-state index in [1.807, 2.05) is 20.8 Å². The largest absolute Gasteiger partial charge is 0.312 e. The van der Waals surface area contributed by atoms with E-state index in [9.17, 15) is 8.42 Å². The summed E-state index contributed by atoms with van der Waals surface area (Å²) in [6, 6.07) is 1.75. The molecule has 0 saturated heterocycles. The Hall–Kier alpha value is 0.0500. The van der Waals surface area contributed by atoms with Gasteiger partial charge in [-0.25, -0.2) is 12.7 Å². The summed E-state index contributed by atoms with van der Waals surface area (Å²) in [5, 5.41) is 3.20. The molecule has 110 valence electrons. The summed E-state index contributed by atoms with van der Waals surface area (Å²) in [5.74, 6) is 0.304. The number of nitrogens with one attached hydrogen (secondary N) is 1. The van der Waals surface area contributed by atoms with Gasteiger partial charge in [0.2, 0.25) is 10.0 Å². The Bertz CT molecular complexity index is 512. The molecule has 0 fully saturated rings. The van der Waals surface area contributed by atoms with Crippen LogP contribution in [0.4, 0.5) is 0 Å². The lowest BCUT2D eigenvalue weighted by Gasteiger charge is -2.18. The van der Waals surface area contributed by atoms with E-state index in [0.29, 0.717) is 27.7 Å². The third-order valence-corrected chi connectivity index (χ3v) is 6.64. The highest BCUT2D eigenvalue weighted by atomic mass is 79.9. The minimum atomic E-state index is -3.40. The second kappa shape index (κ2) is 7.17. The van der Waals surface area contributed by atoms with Crippen LogP contribution in [0.5, 0.6) is 0 Å². The van der Waals surface area contributed by atoms with E-state index in [4.69, 9.17) is 0 Å². The Labute approximate surface area is 128 Å².